The van der Waals surface area contributed by atoms with Crippen LogP contribution in [-0.4, -0.2) is 21.9 Å². The summed E-state index contributed by atoms with van der Waals surface area (Å²) in [5, 5.41) is 1.83. The molecule has 1 fully saturated rings. The van der Waals surface area contributed by atoms with E-state index in [4.69, 9.17) is 4.42 Å². The Hall–Kier alpha value is -1.82. The Kier molecular flexibility index (Phi) is 4.71. The molecule has 0 unspecified atom stereocenters. The zero-order valence-corrected chi connectivity index (χ0v) is 14.3. The number of piperidine rings is 1. The number of furan rings is 1. The van der Waals surface area contributed by atoms with E-state index in [1.54, 1.807) is 10.8 Å². The number of hydrogen-bond donors (Lipinski definition) is 0. The van der Waals surface area contributed by atoms with E-state index < -0.39 is 0 Å². The summed E-state index contributed by atoms with van der Waals surface area (Å²) in [4.78, 5) is 26.4. The van der Waals surface area contributed by atoms with Crippen molar-refractivity contribution in [1.82, 2.24) is 9.47 Å². The van der Waals surface area contributed by atoms with Gasteiger partial charge in [-0.2, -0.15) is 0 Å². The van der Waals surface area contributed by atoms with Crippen molar-refractivity contribution in [3.05, 3.63) is 44.9 Å². The van der Waals surface area contributed by atoms with Gasteiger partial charge < -0.3 is 13.9 Å². The van der Waals surface area contributed by atoms with Gasteiger partial charge in [0.25, 0.3) is 0 Å². The van der Waals surface area contributed by atoms with Crippen LogP contribution in [0.15, 0.2) is 33.0 Å². The monoisotopic (exact) mass is 334 g/mol. The summed E-state index contributed by atoms with van der Waals surface area (Å²) >= 11 is 1.18. The third-order valence-corrected chi connectivity index (χ3v) is 5.46. The number of rotatable bonds is 4. The molecule has 1 aliphatic rings. The average molecular weight is 334 g/mol. The molecule has 6 heteroatoms. The fraction of sp³-hybridized carbons (Fsp3) is 0.529. The number of hydrogen-bond acceptors (Lipinski definition) is 4. The van der Waals surface area contributed by atoms with Gasteiger partial charge >= 0.3 is 4.87 Å². The van der Waals surface area contributed by atoms with Crippen molar-refractivity contribution in [1.29, 1.82) is 0 Å². The number of aromatic nitrogens is 1. The zero-order valence-electron chi connectivity index (χ0n) is 13.5. The first-order valence-corrected chi connectivity index (χ1v) is 8.92. The SMILES string of the molecule is Cc1csc(=O)n1CCC(=O)N1CC[C@@H](C)C[C@H]1c1ccco1. The fourth-order valence-corrected chi connectivity index (χ4v) is 3.98. The van der Waals surface area contributed by atoms with Crippen molar-refractivity contribution in [2.45, 2.75) is 45.7 Å². The zero-order chi connectivity index (χ0) is 16.4. The summed E-state index contributed by atoms with van der Waals surface area (Å²) in [6.45, 7) is 5.31. The van der Waals surface area contributed by atoms with Crippen LogP contribution in [0.5, 0.6) is 0 Å². The maximum atomic E-state index is 12.7. The molecule has 0 spiro atoms. The third-order valence-electron chi connectivity index (χ3n) is 4.58. The minimum Gasteiger partial charge on any atom is -0.467 e. The highest BCUT2D eigenvalue weighted by molar-refractivity contribution is 7.07. The highest BCUT2D eigenvalue weighted by Crippen LogP contribution is 2.34. The molecule has 1 saturated heterocycles. The number of aryl methyl sites for hydroxylation is 1. The summed E-state index contributed by atoms with van der Waals surface area (Å²) in [6, 6.07) is 3.82. The molecule has 0 N–H and O–H groups in total. The van der Waals surface area contributed by atoms with Gasteiger partial charge in [-0.15, -0.1) is 0 Å². The van der Waals surface area contributed by atoms with Gasteiger partial charge in [0.05, 0.1) is 12.3 Å². The average Bonchev–Trinajstić information content (AvgIpc) is 3.16. The second-order valence-corrected chi connectivity index (χ2v) is 7.11. The molecule has 0 saturated carbocycles. The quantitative estimate of drug-likeness (QED) is 0.863. The Labute approximate surface area is 139 Å². The topological polar surface area (TPSA) is 55.5 Å². The van der Waals surface area contributed by atoms with E-state index in [1.807, 2.05) is 29.3 Å². The first-order valence-electron chi connectivity index (χ1n) is 8.04. The lowest BCUT2D eigenvalue weighted by Gasteiger charge is -2.37. The Morgan fingerprint density at radius 2 is 2.30 bits per heavy atom. The first-order chi connectivity index (χ1) is 11.1. The third kappa shape index (κ3) is 3.42. The van der Waals surface area contributed by atoms with E-state index in [9.17, 15) is 9.59 Å². The van der Waals surface area contributed by atoms with Gasteiger partial charge in [0.2, 0.25) is 5.91 Å². The molecule has 0 aromatic carbocycles. The van der Waals surface area contributed by atoms with Gasteiger partial charge in [-0.1, -0.05) is 18.3 Å². The van der Waals surface area contributed by atoms with Crippen molar-refractivity contribution in [2.75, 3.05) is 6.54 Å². The first kappa shape index (κ1) is 16.1. The van der Waals surface area contributed by atoms with E-state index >= 15 is 0 Å². The standard InChI is InChI=1S/C17H22N2O3S/c1-12-5-7-19(14(10-12)15-4-3-9-22-15)16(20)6-8-18-13(2)11-23-17(18)21/h3-4,9,11-12,14H,5-8,10H2,1-2H3/t12-,14+/m1/s1. The molecule has 0 bridgehead atoms. The fourth-order valence-electron chi connectivity index (χ4n) is 3.22. The molecule has 5 nitrogen and oxygen atoms in total. The van der Waals surface area contributed by atoms with Crippen LogP contribution in [0.1, 0.15) is 43.7 Å². The number of thiazole rings is 1. The van der Waals surface area contributed by atoms with Crippen LogP contribution < -0.4 is 4.87 Å². The molecule has 3 rings (SSSR count). The summed E-state index contributed by atoms with van der Waals surface area (Å²) in [5.74, 6) is 1.53. The number of nitrogens with zero attached hydrogens (tertiary/aromatic N) is 2. The Morgan fingerprint density at radius 1 is 1.48 bits per heavy atom. The maximum absolute atomic E-state index is 12.7. The number of carbonyl (C=O) groups is 1. The van der Waals surface area contributed by atoms with Crippen LogP contribution in [0.25, 0.3) is 0 Å². The van der Waals surface area contributed by atoms with Crippen molar-refractivity contribution in [2.24, 2.45) is 5.92 Å². The molecule has 2 atom stereocenters. The van der Waals surface area contributed by atoms with Crippen molar-refractivity contribution < 1.29 is 9.21 Å². The molecule has 1 aliphatic heterocycles. The molecule has 2 aromatic heterocycles. The highest BCUT2D eigenvalue weighted by Gasteiger charge is 2.32. The molecule has 124 valence electrons. The van der Waals surface area contributed by atoms with E-state index in [0.29, 0.717) is 18.9 Å². The molecular weight excluding hydrogens is 312 g/mol. The predicted octanol–water partition coefficient (Wildman–Crippen LogP) is 3.20. The Bertz CT molecular complexity index is 717. The molecule has 0 aliphatic carbocycles. The number of likely N-dealkylation sites (tertiary alicyclic amines) is 1. The van der Waals surface area contributed by atoms with Crippen molar-refractivity contribution in [3.8, 4) is 0 Å². The molecule has 2 aromatic rings. The minimum absolute atomic E-state index is 0.00477. The second-order valence-electron chi connectivity index (χ2n) is 6.29. The maximum Gasteiger partial charge on any atom is 0.307 e. The minimum atomic E-state index is 0.00477. The summed E-state index contributed by atoms with van der Waals surface area (Å²) in [7, 11) is 0. The molecule has 0 radical (unpaired) electrons. The van der Waals surface area contributed by atoms with Crippen molar-refractivity contribution in [3.63, 3.8) is 0 Å². The molecule has 1 amide bonds. The van der Waals surface area contributed by atoms with E-state index in [1.165, 1.54) is 11.3 Å². The molecular formula is C17H22N2O3S. The van der Waals surface area contributed by atoms with Crippen LogP contribution in [0.2, 0.25) is 0 Å². The van der Waals surface area contributed by atoms with Gasteiger partial charge in [0, 0.05) is 30.6 Å². The normalized spacial score (nSPS) is 21.6. The number of carbonyl (C=O) groups excluding carboxylic acids is 1. The van der Waals surface area contributed by atoms with Crippen LogP contribution in [0, 0.1) is 12.8 Å². The van der Waals surface area contributed by atoms with Gasteiger partial charge in [-0.3, -0.25) is 9.59 Å². The Balaban J connectivity index is 1.71. The second kappa shape index (κ2) is 6.74. The van der Waals surface area contributed by atoms with Gasteiger partial charge in [-0.25, -0.2) is 0 Å². The summed E-state index contributed by atoms with van der Waals surface area (Å²) < 4.78 is 7.22. The molecule has 23 heavy (non-hydrogen) atoms. The Morgan fingerprint density at radius 3 is 2.96 bits per heavy atom. The van der Waals surface area contributed by atoms with Crippen LogP contribution >= 0.6 is 11.3 Å². The smallest absolute Gasteiger partial charge is 0.307 e. The predicted molar refractivity (Wildman–Crippen MR) is 89.5 cm³/mol. The van der Waals surface area contributed by atoms with Crippen LogP contribution in [-0.2, 0) is 11.3 Å². The van der Waals surface area contributed by atoms with Crippen molar-refractivity contribution >= 4 is 17.2 Å². The van der Waals surface area contributed by atoms with E-state index in [0.717, 1.165) is 30.8 Å². The van der Waals surface area contributed by atoms with Crippen LogP contribution in [0.4, 0.5) is 0 Å². The lowest BCUT2D eigenvalue weighted by molar-refractivity contribution is -0.136. The van der Waals surface area contributed by atoms with Gasteiger partial charge in [0.1, 0.15) is 5.76 Å². The van der Waals surface area contributed by atoms with Crippen LogP contribution in [0.3, 0.4) is 0 Å². The van der Waals surface area contributed by atoms with Gasteiger partial charge in [0.15, 0.2) is 0 Å². The highest BCUT2D eigenvalue weighted by atomic mass is 32.1. The largest absolute Gasteiger partial charge is 0.467 e. The summed E-state index contributed by atoms with van der Waals surface area (Å²) in [5.41, 5.74) is 0.919. The van der Waals surface area contributed by atoms with E-state index in [-0.39, 0.29) is 16.8 Å². The summed E-state index contributed by atoms with van der Waals surface area (Å²) in [6.07, 6.45) is 3.95. The lowest BCUT2D eigenvalue weighted by Crippen LogP contribution is -2.41. The van der Waals surface area contributed by atoms with E-state index in [2.05, 4.69) is 6.92 Å². The molecule has 3 heterocycles. The number of amides is 1. The lowest BCUT2D eigenvalue weighted by atomic mass is 9.91. The van der Waals surface area contributed by atoms with Gasteiger partial charge in [-0.05, 0) is 37.8 Å².